The molecule has 0 aromatic heterocycles. The van der Waals surface area contributed by atoms with Crippen molar-refractivity contribution in [3.63, 3.8) is 0 Å². The molecule has 2 rings (SSSR count). The Morgan fingerprint density at radius 3 is 2.61 bits per heavy atom. The topological polar surface area (TPSA) is 72.0 Å². The van der Waals surface area contributed by atoms with E-state index in [1.165, 1.54) is 0 Å². The van der Waals surface area contributed by atoms with E-state index in [9.17, 15) is 8.78 Å². The summed E-state index contributed by atoms with van der Waals surface area (Å²) >= 11 is 0. The molecule has 4 nitrogen and oxygen atoms in total. The van der Waals surface area contributed by atoms with E-state index < -0.39 is 11.8 Å². The molecule has 6 heteroatoms. The van der Waals surface area contributed by atoms with Crippen molar-refractivity contribution in [3.05, 3.63) is 29.8 Å². The monoisotopic (exact) mass is 246 g/mol. The van der Waals surface area contributed by atoms with Gasteiger partial charge in [0.05, 0.1) is 11.6 Å². The van der Waals surface area contributed by atoms with Crippen LogP contribution in [-0.4, -0.2) is 11.6 Å². The number of alkyl halides is 2. The molecule has 1 fully saturated rings. The van der Waals surface area contributed by atoms with E-state index in [0.717, 1.165) is 0 Å². The van der Waals surface area contributed by atoms with E-state index in [1.807, 2.05) is 0 Å². The van der Waals surface area contributed by atoms with Crippen LogP contribution in [0.15, 0.2) is 29.4 Å². The Bertz CT molecular complexity index is 564. The van der Waals surface area contributed by atoms with Crippen LogP contribution in [0, 0.1) is 22.7 Å². The third-order valence-electron chi connectivity index (χ3n) is 2.62. The minimum atomic E-state index is -2.62. The van der Waals surface area contributed by atoms with E-state index in [4.69, 9.17) is 10.5 Å². The van der Waals surface area contributed by atoms with Gasteiger partial charge >= 0.3 is 0 Å². The van der Waals surface area contributed by atoms with Crippen molar-refractivity contribution in [3.8, 4) is 12.1 Å². The maximum absolute atomic E-state index is 12.9. The number of nitriles is 2. The molecule has 1 N–H and O–H groups in total. The van der Waals surface area contributed by atoms with Crippen LogP contribution < -0.4 is 5.43 Å². The fraction of sp³-hybridized carbons (Fsp3) is 0.250. The Labute approximate surface area is 102 Å². The molecule has 1 saturated carbocycles. The van der Waals surface area contributed by atoms with Crippen molar-refractivity contribution < 1.29 is 8.78 Å². The van der Waals surface area contributed by atoms with Crippen molar-refractivity contribution in [2.75, 3.05) is 5.43 Å². The molecular formula is C12H8F2N4. The molecule has 90 valence electrons. The van der Waals surface area contributed by atoms with Crippen LogP contribution in [-0.2, 0) is 0 Å². The first-order valence-corrected chi connectivity index (χ1v) is 5.18. The molecule has 1 atom stereocenters. The highest BCUT2D eigenvalue weighted by atomic mass is 19.3. The Hall–Kier alpha value is -2.47. The molecule has 0 aliphatic heterocycles. The van der Waals surface area contributed by atoms with Gasteiger partial charge < -0.3 is 0 Å². The highest BCUT2D eigenvalue weighted by Gasteiger charge is 2.57. The first kappa shape index (κ1) is 12.0. The standard InChI is InChI=1S/C12H8F2N4/c13-12(14)5-11(12)8-2-1-3-9(4-8)17-18-10(6-15)7-16/h1-4,11,17H,5H2. The number of benzene rings is 1. The van der Waals surface area contributed by atoms with Crippen LogP contribution in [0.2, 0.25) is 0 Å². The largest absolute Gasteiger partial charge is 0.277 e. The fourth-order valence-corrected chi connectivity index (χ4v) is 1.60. The summed E-state index contributed by atoms with van der Waals surface area (Å²) in [6, 6.07) is 9.60. The van der Waals surface area contributed by atoms with Crippen LogP contribution >= 0.6 is 0 Å². The lowest BCUT2D eigenvalue weighted by Crippen LogP contribution is -1.98. The van der Waals surface area contributed by atoms with E-state index in [0.29, 0.717) is 11.3 Å². The van der Waals surface area contributed by atoms with Crippen molar-refractivity contribution in [2.24, 2.45) is 5.10 Å². The van der Waals surface area contributed by atoms with Gasteiger partial charge in [0.25, 0.3) is 5.92 Å². The molecule has 1 aliphatic carbocycles. The molecule has 0 bridgehead atoms. The van der Waals surface area contributed by atoms with Gasteiger partial charge in [-0.05, 0) is 17.7 Å². The fourth-order valence-electron chi connectivity index (χ4n) is 1.60. The zero-order valence-electron chi connectivity index (χ0n) is 9.19. The lowest BCUT2D eigenvalue weighted by molar-refractivity contribution is 0.112. The second kappa shape index (κ2) is 4.42. The van der Waals surface area contributed by atoms with Gasteiger partial charge in [-0.3, -0.25) is 5.43 Å². The summed E-state index contributed by atoms with van der Waals surface area (Å²) in [5.74, 6) is -3.36. The Kier molecular flexibility index (Phi) is 2.95. The number of anilines is 1. The van der Waals surface area contributed by atoms with Gasteiger partial charge in [0.1, 0.15) is 12.1 Å². The number of hydrogen-bond donors (Lipinski definition) is 1. The van der Waals surface area contributed by atoms with Gasteiger partial charge in [-0.15, -0.1) is 0 Å². The summed E-state index contributed by atoms with van der Waals surface area (Å²) in [6.07, 6.45) is -0.138. The second-order valence-corrected chi connectivity index (χ2v) is 3.94. The maximum atomic E-state index is 12.9. The Morgan fingerprint density at radius 1 is 1.39 bits per heavy atom. The van der Waals surface area contributed by atoms with E-state index in [2.05, 4.69) is 10.5 Å². The number of nitrogens with zero attached hydrogens (tertiary/aromatic N) is 3. The van der Waals surface area contributed by atoms with Crippen LogP contribution in [0.25, 0.3) is 0 Å². The van der Waals surface area contributed by atoms with Crippen molar-refractivity contribution in [1.82, 2.24) is 0 Å². The quantitative estimate of drug-likeness (QED) is 0.658. The number of rotatable bonds is 3. The molecule has 18 heavy (non-hydrogen) atoms. The normalized spacial score (nSPS) is 19.2. The average molecular weight is 246 g/mol. The third kappa shape index (κ3) is 2.44. The molecule has 1 unspecified atom stereocenters. The summed E-state index contributed by atoms with van der Waals surface area (Å²) in [5.41, 5.74) is 3.17. The molecule has 1 aromatic rings. The van der Waals surface area contributed by atoms with Gasteiger partial charge in [-0.1, -0.05) is 12.1 Å². The van der Waals surface area contributed by atoms with Crippen molar-refractivity contribution in [1.29, 1.82) is 10.5 Å². The summed E-state index contributed by atoms with van der Waals surface area (Å²) in [5, 5.41) is 20.5. The summed E-state index contributed by atoms with van der Waals surface area (Å²) in [7, 11) is 0. The smallest absolute Gasteiger partial charge is 0.255 e. The van der Waals surface area contributed by atoms with E-state index >= 15 is 0 Å². The lowest BCUT2D eigenvalue weighted by atomic mass is 10.1. The molecule has 0 radical (unpaired) electrons. The van der Waals surface area contributed by atoms with Gasteiger partial charge in [0.15, 0.2) is 0 Å². The molecule has 0 amide bonds. The van der Waals surface area contributed by atoms with Crippen molar-refractivity contribution >= 4 is 11.4 Å². The minimum absolute atomic E-state index is 0.138. The maximum Gasteiger partial charge on any atom is 0.255 e. The van der Waals surface area contributed by atoms with Crippen LogP contribution in [0.4, 0.5) is 14.5 Å². The number of halogens is 2. The molecule has 1 aromatic carbocycles. The van der Waals surface area contributed by atoms with Crippen molar-refractivity contribution in [2.45, 2.75) is 18.3 Å². The number of nitrogens with one attached hydrogen (secondary N) is 1. The van der Waals surface area contributed by atoms with Crippen LogP contribution in [0.5, 0.6) is 0 Å². The number of hydrazone groups is 1. The lowest BCUT2D eigenvalue weighted by Gasteiger charge is -2.03. The van der Waals surface area contributed by atoms with Gasteiger partial charge in [0.2, 0.25) is 5.71 Å². The van der Waals surface area contributed by atoms with Crippen LogP contribution in [0.1, 0.15) is 17.9 Å². The zero-order valence-corrected chi connectivity index (χ0v) is 9.19. The molecule has 1 aliphatic rings. The Morgan fingerprint density at radius 2 is 2.06 bits per heavy atom. The SMILES string of the molecule is N#CC(C#N)=NNc1cccc(C2CC2(F)F)c1. The molecule has 0 heterocycles. The highest BCUT2D eigenvalue weighted by molar-refractivity contribution is 6.10. The highest BCUT2D eigenvalue weighted by Crippen LogP contribution is 2.55. The summed E-state index contributed by atoms with van der Waals surface area (Å²) < 4.78 is 25.8. The Balaban J connectivity index is 2.13. The van der Waals surface area contributed by atoms with E-state index in [1.54, 1.807) is 36.4 Å². The molecule has 0 saturated heterocycles. The summed E-state index contributed by atoms with van der Waals surface area (Å²) in [4.78, 5) is 0. The summed E-state index contributed by atoms with van der Waals surface area (Å²) in [6.45, 7) is 0. The minimum Gasteiger partial charge on any atom is -0.277 e. The predicted octanol–water partition coefficient (Wildman–Crippen LogP) is 2.62. The average Bonchev–Trinajstić information content (AvgIpc) is 3.00. The molecule has 0 spiro atoms. The van der Waals surface area contributed by atoms with E-state index in [-0.39, 0.29) is 12.1 Å². The first-order valence-electron chi connectivity index (χ1n) is 5.18. The zero-order chi connectivity index (χ0) is 13.2. The first-order chi connectivity index (χ1) is 8.56. The van der Waals surface area contributed by atoms with Gasteiger partial charge in [-0.25, -0.2) is 8.78 Å². The predicted molar refractivity (Wildman–Crippen MR) is 61.0 cm³/mol. The van der Waals surface area contributed by atoms with Gasteiger partial charge in [-0.2, -0.15) is 15.6 Å². The second-order valence-electron chi connectivity index (χ2n) is 3.94. The third-order valence-corrected chi connectivity index (χ3v) is 2.62. The van der Waals surface area contributed by atoms with Crippen LogP contribution in [0.3, 0.4) is 0 Å². The number of hydrogen-bond acceptors (Lipinski definition) is 4. The molecular weight excluding hydrogens is 238 g/mol. The van der Waals surface area contributed by atoms with Gasteiger partial charge in [0, 0.05) is 6.42 Å².